The Morgan fingerprint density at radius 3 is 2.72 bits per heavy atom. The van der Waals surface area contributed by atoms with Crippen LogP contribution in [0.5, 0.6) is 5.75 Å². The fourth-order valence-electron chi connectivity index (χ4n) is 1.62. The largest absolute Gasteiger partial charge is 0.496 e. The molecule has 1 amide bonds. The van der Waals surface area contributed by atoms with Crippen LogP contribution in [-0.4, -0.2) is 29.3 Å². The van der Waals surface area contributed by atoms with Crippen molar-refractivity contribution in [1.82, 2.24) is 4.90 Å². The summed E-state index contributed by atoms with van der Waals surface area (Å²) in [6, 6.07) is 5.84. The van der Waals surface area contributed by atoms with E-state index in [0.29, 0.717) is 9.23 Å². The number of rotatable bonds is 2. The van der Waals surface area contributed by atoms with E-state index in [9.17, 15) is 4.79 Å². The summed E-state index contributed by atoms with van der Waals surface area (Å²) in [5.41, 5.74) is 2.00. The van der Waals surface area contributed by atoms with Crippen molar-refractivity contribution in [2.75, 3.05) is 14.2 Å². The Kier molecular flexibility index (Phi) is 3.73. The van der Waals surface area contributed by atoms with Crippen LogP contribution in [0.3, 0.4) is 0 Å². The molecule has 0 unspecified atom stereocenters. The number of amides is 1. The van der Waals surface area contributed by atoms with E-state index in [1.54, 1.807) is 14.2 Å². The maximum Gasteiger partial charge on any atom is 0.265 e. The number of thioether (sulfide) groups is 1. The third-order valence-corrected chi connectivity index (χ3v) is 4.20. The van der Waals surface area contributed by atoms with E-state index in [-0.39, 0.29) is 5.91 Å². The van der Waals surface area contributed by atoms with Gasteiger partial charge in [-0.05, 0) is 30.2 Å². The zero-order valence-electron chi connectivity index (χ0n) is 10.4. The molecule has 0 N–H and O–H groups in total. The minimum atomic E-state index is -0.0514. The van der Waals surface area contributed by atoms with Crippen LogP contribution in [0, 0.1) is 6.92 Å². The number of hydrogen-bond donors (Lipinski definition) is 0. The van der Waals surface area contributed by atoms with Crippen molar-refractivity contribution in [3.63, 3.8) is 0 Å². The minimum Gasteiger partial charge on any atom is -0.496 e. The van der Waals surface area contributed by atoms with Crippen molar-refractivity contribution in [2.45, 2.75) is 6.92 Å². The van der Waals surface area contributed by atoms with Gasteiger partial charge in [0.1, 0.15) is 10.1 Å². The van der Waals surface area contributed by atoms with Crippen molar-refractivity contribution >= 4 is 40.3 Å². The van der Waals surface area contributed by atoms with Crippen molar-refractivity contribution in [3.05, 3.63) is 34.2 Å². The molecule has 0 atom stereocenters. The van der Waals surface area contributed by atoms with E-state index >= 15 is 0 Å². The van der Waals surface area contributed by atoms with Gasteiger partial charge in [-0.1, -0.05) is 36.1 Å². The van der Waals surface area contributed by atoms with E-state index in [4.69, 9.17) is 17.0 Å². The normalized spacial score (nSPS) is 17.7. The molecular weight excluding hydrogens is 266 g/mol. The monoisotopic (exact) mass is 279 g/mol. The predicted molar refractivity (Wildman–Crippen MR) is 78.7 cm³/mol. The van der Waals surface area contributed by atoms with E-state index in [1.807, 2.05) is 31.2 Å². The molecule has 1 heterocycles. The third-order valence-electron chi connectivity index (χ3n) is 2.72. The van der Waals surface area contributed by atoms with Crippen molar-refractivity contribution < 1.29 is 9.53 Å². The van der Waals surface area contributed by atoms with Gasteiger partial charge in [0.25, 0.3) is 5.91 Å². The fourth-order valence-corrected chi connectivity index (χ4v) is 2.80. The second-order valence-electron chi connectivity index (χ2n) is 3.97. The highest BCUT2D eigenvalue weighted by atomic mass is 32.2. The summed E-state index contributed by atoms with van der Waals surface area (Å²) in [6.07, 6.45) is 1.84. The van der Waals surface area contributed by atoms with Gasteiger partial charge < -0.3 is 4.74 Å². The number of nitrogens with zero attached hydrogens (tertiary/aromatic N) is 1. The Hall–Kier alpha value is -1.33. The molecule has 0 aromatic heterocycles. The number of carbonyl (C=O) groups excluding carboxylic acids is 1. The molecule has 0 aliphatic carbocycles. The lowest BCUT2D eigenvalue weighted by Crippen LogP contribution is -2.22. The molecular formula is C13H13NO2S2. The molecule has 1 aromatic carbocycles. The maximum absolute atomic E-state index is 11.9. The van der Waals surface area contributed by atoms with Gasteiger partial charge in [0.15, 0.2) is 0 Å². The molecule has 1 saturated heterocycles. The third kappa shape index (κ3) is 2.42. The number of carbonyl (C=O) groups is 1. The number of thiocarbonyl (C=S) groups is 1. The molecule has 3 nitrogen and oxygen atoms in total. The Balaban J connectivity index is 2.34. The van der Waals surface area contributed by atoms with Gasteiger partial charge in [-0.2, -0.15) is 0 Å². The van der Waals surface area contributed by atoms with Crippen molar-refractivity contribution in [1.29, 1.82) is 0 Å². The van der Waals surface area contributed by atoms with Crippen molar-refractivity contribution in [3.8, 4) is 5.75 Å². The SMILES string of the molecule is COc1cc(/C=C2/SC(=S)N(C)C2=O)ccc1C. The highest BCUT2D eigenvalue weighted by Gasteiger charge is 2.28. The summed E-state index contributed by atoms with van der Waals surface area (Å²) >= 11 is 6.41. The number of benzene rings is 1. The zero-order chi connectivity index (χ0) is 13.3. The van der Waals surface area contributed by atoms with Crippen LogP contribution in [-0.2, 0) is 4.79 Å². The van der Waals surface area contributed by atoms with Gasteiger partial charge in [0.05, 0.1) is 12.0 Å². The van der Waals surface area contributed by atoms with Gasteiger partial charge in [-0.3, -0.25) is 9.69 Å². The van der Waals surface area contributed by atoms with E-state index < -0.39 is 0 Å². The first kappa shape index (κ1) is 13.1. The molecule has 18 heavy (non-hydrogen) atoms. The summed E-state index contributed by atoms with van der Waals surface area (Å²) in [5.74, 6) is 0.764. The van der Waals surface area contributed by atoms with Gasteiger partial charge in [0.2, 0.25) is 0 Å². The lowest BCUT2D eigenvalue weighted by molar-refractivity contribution is -0.121. The molecule has 1 aromatic rings. The first-order valence-electron chi connectivity index (χ1n) is 5.39. The second-order valence-corrected chi connectivity index (χ2v) is 5.65. The molecule has 0 spiro atoms. The van der Waals surface area contributed by atoms with E-state index in [2.05, 4.69) is 0 Å². The Labute approximate surface area is 116 Å². The highest BCUT2D eigenvalue weighted by molar-refractivity contribution is 8.26. The van der Waals surface area contributed by atoms with Crippen molar-refractivity contribution in [2.24, 2.45) is 0 Å². The molecule has 1 fully saturated rings. The number of methoxy groups -OCH3 is 1. The smallest absolute Gasteiger partial charge is 0.265 e. The molecule has 0 bridgehead atoms. The van der Waals surface area contributed by atoms with Crippen LogP contribution < -0.4 is 4.74 Å². The molecule has 1 aliphatic heterocycles. The topological polar surface area (TPSA) is 29.5 Å². The Bertz CT molecular complexity index is 552. The Morgan fingerprint density at radius 1 is 1.44 bits per heavy atom. The van der Waals surface area contributed by atoms with Crippen LogP contribution in [0.25, 0.3) is 6.08 Å². The first-order valence-corrected chi connectivity index (χ1v) is 6.61. The predicted octanol–water partition coefficient (Wildman–Crippen LogP) is 2.83. The summed E-state index contributed by atoms with van der Waals surface area (Å²) in [4.78, 5) is 14.0. The lowest BCUT2D eigenvalue weighted by atomic mass is 10.1. The van der Waals surface area contributed by atoms with Gasteiger partial charge >= 0.3 is 0 Å². The molecule has 1 aliphatic rings. The average Bonchev–Trinajstić information content (AvgIpc) is 2.59. The standard InChI is InChI=1S/C13H13NO2S2/c1-8-4-5-9(6-10(8)16-3)7-11-12(15)14(2)13(17)18-11/h4-7H,1-3H3/b11-7+. The van der Waals surface area contributed by atoms with Crippen LogP contribution >= 0.6 is 24.0 Å². The summed E-state index contributed by atoms with van der Waals surface area (Å²) in [5, 5.41) is 0. The van der Waals surface area contributed by atoms with Crippen LogP contribution in [0.1, 0.15) is 11.1 Å². The Morgan fingerprint density at radius 2 is 2.17 bits per heavy atom. The molecule has 5 heteroatoms. The first-order chi connectivity index (χ1) is 8.52. The summed E-state index contributed by atoms with van der Waals surface area (Å²) in [6.45, 7) is 1.98. The number of aryl methyl sites for hydroxylation is 1. The minimum absolute atomic E-state index is 0.0514. The van der Waals surface area contributed by atoms with Gasteiger partial charge in [-0.15, -0.1) is 0 Å². The summed E-state index contributed by atoms with van der Waals surface area (Å²) < 4.78 is 5.85. The molecule has 0 radical (unpaired) electrons. The van der Waals surface area contributed by atoms with Gasteiger partial charge in [-0.25, -0.2) is 0 Å². The summed E-state index contributed by atoms with van der Waals surface area (Å²) in [7, 11) is 3.33. The molecule has 94 valence electrons. The average molecular weight is 279 g/mol. The molecule has 2 rings (SSSR count). The number of likely N-dealkylation sites (N-methyl/N-ethyl adjacent to an activating group) is 1. The van der Waals surface area contributed by atoms with E-state index in [1.165, 1.54) is 16.7 Å². The van der Waals surface area contributed by atoms with Crippen LogP contribution in [0.4, 0.5) is 0 Å². The maximum atomic E-state index is 11.9. The second kappa shape index (κ2) is 5.12. The van der Waals surface area contributed by atoms with E-state index in [0.717, 1.165) is 16.9 Å². The van der Waals surface area contributed by atoms with Gasteiger partial charge in [0, 0.05) is 7.05 Å². The highest BCUT2D eigenvalue weighted by Crippen LogP contribution is 2.32. The lowest BCUT2D eigenvalue weighted by Gasteiger charge is -2.05. The van der Waals surface area contributed by atoms with Crippen LogP contribution in [0.15, 0.2) is 23.1 Å². The number of ether oxygens (including phenoxy) is 1. The quantitative estimate of drug-likeness (QED) is 0.615. The van der Waals surface area contributed by atoms with Crippen LogP contribution in [0.2, 0.25) is 0 Å². The molecule has 0 saturated carbocycles. The fraction of sp³-hybridized carbons (Fsp3) is 0.231. The zero-order valence-corrected chi connectivity index (χ0v) is 12.0. The number of hydrogen-bond acceptors (Lipinski definition) is 4.